The van der Waals surface area contributed by atoms with Gasteiger partial charge < -0.3 is 14.8 Å². The van der Waals surface area contributed by atoms with Crippen LogP contribution in [0.1, 0.15) is 12.5 Å². The summed E-state index contributed by atoms with van der Waals surface area (Å²) >= 11 is 0. The maximum absolute atomic E-state index is 12.9. The van der Waals surface area contributed by atoms with Crippen LogP contribution in [-0.4, -0.2) is 12.6 Å². The van der Waals surface area contributed by atoms with Crippen LogP contribution in [0.5, 0.6) is 0 Å². The zero-order chi connectivity index (χ0) is 13.2. The Hall–Kier alpha value is -1.79. The topological polar surface area (TPSA) is 43.4 Å². The molecule has 0 heterocycles. The van der Waals surface area contributed by atoms with Gasteiger partial charge in [0.1, 0.15) is 11.9 Å². The molecule has 0 aliphatic rings. The fourth-order valence-electron chi connectivity index (χ4n) is 1.32. The zero-order valence-electron chi connectivity index (χ0n) is 8.71. The first kappa shape index (κ1) is 13.3. The Bertz CT molecular complexity index is 431. The monoisotopic (exact) mass is 250 g/mol. The van der Waals surface area contributed by atoms with Crippen LogP contribution in [0.2, 0.25) is 0 Å². The summed E-state index contributed by atoms with van der Waals surface area (Å²) in [6.07, 6.45) is -6.52. The highest BCUT2D eigenvalue weighted by Gasteiger charge is 2.34. The van der Waals surface area contributed by atoms with Gasteiger partial charge in [-0.1, -0.05) is 0 Å². The fraction of sp³-hybridized carbons (Fsp3) is 0.300. The van der Waals surface area contributed by atoms with E-state index < -0.39 is 23.7 Å². The van der Waals surface area contributed by atoms with Gasteiger partial charge in [0.05, 0.1) is 5.56 Å². The zero-order valence-corrected chi connectivity index (χ0v) is 8.71. The Morgan fingerprint density at radius 3 is 2.41 bits per heavy atom. The number of carboxylic acid groups (broad SMARTS) is 1. The van der Waals surface area contributed by atoms with Gasteiger partial charge in [0, 0.05) is 12.2 Å². The van der Waals surface area contributed by atoms with Crippen LogP contribution in [0.25, 0.3) is 0 Å². The molecule has 0 saturated carbocycles. The van der Waals surface area contributed by atoms with E-state index in [4.69, 9.17) is 0 Å². The lowest BCUT2D eigenvalue weighted by molar-refractivity contribution is -0.246. The van der Waals surface area contributed by atoms with Gasteiger partial charge in [0.15, 0.2) is 0 Å². The second-order valence-corrected chi connectivity index (χ2v) is 3.17. The Morgan fingerprint density at radius 2 is 2.00 bits per heavy atom. The van der Waals surface area contributed by atoms with Crippen molar-refractivity contribution in [2.24, 2.45) is 0 Å². The van der Waals surface area contributed by atoms with E-state index in [9.17, 15) is 27.5 Å². The second kappa shape index (κ2) is 4.60. The summed E-state index contributed by atoms with van der Waals surface area (Å²) in [4.78, 5) is 11.2. The van der Waals surface area contributed by atoms with Crippen molar-refractivity contribution in [2.45, 2.75) is 13.1 Å². The van der Waals surface area contributed by atoms with Crippen molar-refractivity contribution in [1.29, 1.82) is 0 Å². The summed E-state index contributed by atoms with van der Waals surface area (Å²) in [6, 6.07) is 1.96. The average molecular weight is 250 g/mol. The van der Waals surface area contributed by atoms with Crippen LogP contribution < -0.4 is 10.0 Å². The molecule has 1 aromatic rings. The lowest BCUT2D eigenvalue weighted by atomic mass is 10.1. The number of nitrogens with zero attached hydrogens (tertiary/aromatic N) is 1. The number of anilines is 1. The van der Waals surface area contributed by atoms with E-state index >= 15 is 0 Å². The molecule has 0 radical (unpaired) electrons. The van der Waals surface area contributed by atoms with Crippen molar-refractivity contribution in [2.75, 3.05) is 11.4 Å². The van der Waals surface area contributed by atoms with E-state index in [1.54, 1.807) is 0 Å². The number of carbonyl (C=O) groups is 1. The molecule has 0 aromatic heterocycles. The van der Waals surface area contributed by atoms with Crippen molar-refractivity contribution >= 4 is 11.8 Å². The molecular formula is C10H8F4NO2-. The molecule has 0 N–H and O–H groups in total. The minimum absolute atomic E-state index is 0.0920. The molecule has 0 aliphatic carbocycles. The first-order valence-electron chi connectivity index (χ1n) is 4.62. The number of alkyl halides is 3. The van der Waals surface area contributed by atoms with Gasteiger partial charge in [-0.2, -0.15) is 13.2 Å². The molecule has 1 rings (SSSR count). The third-order valence-electron chi connectivity index (χ3n) is 2.10. The molecule has 1 amide bonds. The molecule has 0 fully saturated rings. The molecule has 17 heavy (non-hydrogen) atoms. The van der Waals surface area contributed by atoms with Crippen molar-refractivity contribution in [3.63, 3.8) is 0 Å². The molecular weight excluding hydrogens is 242 g/mol. The van der Waals surface area contributed by atoms with E-state index in [1.807, 2.05) is 0 Å². The molecule has 0 aliphatic heterocycles. The molecule has 7 heteroatoms. The van der Waals surface area contributed by atoms with E-state index in [0.29, 0.717) is 17.0 Å². The van der Waals surface area contributed by atoms with Crippen LogP contribution in [0, 0.1) is 5.82 Å². The number of hydrogen-bond acceptors (Lipinski definition) is 2. The molecule has 3 nitrogen and oxygen atoms in total. The summed E-state index contributed by atoms with van der Waals surface area (Å²) < 4.78 is 50.1. The minimum Gasteiger partial charge on any atom is -0.530 e. The van der Waals surface area contributed by atoms with Crippen molar-refractivity contribution in [3.05, 3.63) is 29.6 Å². The normalized spacial score (nSPS) is 11.4. The molecule has 0 atom stereocenters. The Morgan fingerprint density at radius 1 is 1.41 bits per heavy atom. The smallest absolute Gasteiger partial charge is 0.419 e. The lowest BCUT2D eigenvalue weighted by Crippen LogP contribution is -2.41. The fourth-order valence-corrected chi connectivity index (χ4v) is 1.32. The first-order chi connectivity index (χ1) is 7.77. The number of rotatable bonds is 2. The number of halogens is 4. The Labute approximate surface area is 94.3 Å². The van der Waals surface area contributed by atoms with Gasteiger partial charge >= 0.3 is 6.18 Å². The van der Waals surface area contributed by atoms with Crippen molar-refractivity contribution < 1.29 is 27.5 Å². The number of carbonyl (C=O) groups excluding carboxylic acids is 1. The highest BCUT2D eigenvalue weighted by atomic mass is 19.4. The molecule has 0 spiro atoms. The van der Waals surface area contributed by atoms with Gasteiger partial charge in [-0.3, -0.25) is 0 Å². The largest absolute Gasteiger partial charge is 0.530 e. The summed E-state index contributed by atoms with van der Waals surface area (Å²) in [5.41, 5.74) is -1.78. The van der Waals surface area contributed by atoms with Gasteiger partial charge in [0.25, 0.3) is 0 Å². The molecule has 0 unspecified atom stereocenters. The van der Waals surface area contributed by atoms with E-state index in [0.717, 1.165) is 6.07 Å². The average Bonchev–Trinajstić information content (AvgIpc) is 2.19. The van der Waals surface area contributed by atoms with E-state index in [2.05, 4.69) is 0 Å². The third kappa shape index (κ3) is 2.86. The lowest BCUT2D eigenvalue weighted by Gasteiger charge is -2.24. The van der Waals surface area contributed by atoms with Crippen molar-refractivity contribution in [1.82, 2.24) is 0 Å². The summed E-state index contributed by atoms with van der Waals surface area (Å²) in [5.74, 6) is -1.45. The standard InChI is InChI=1S/C10H9F4NO2/c1-2-15(9(16)17)6-3-4-8(11)7(5-6)10(12,13)14/h3-5H,2H2,1H3,(H,16,17)/p-1. The van der Waals surface area contributed by atoms with Crippen LogP contribution in [0.4, 0.5) is 28.0 Å². The first-order valence-corrected chi connectivity index (χ1v) is 4.62. The van der Waals surface area contributed by atoms with Crippen LogP contribution in [0.15, 0.2) is 18.2 Å². The van der Waals surface area contributed by atoms with Gasteiger partial charge in [-0.15, -0.1) is 0 Å². The minimum atomic E-state index is -4.87. The molecule has 94 valence electrons. The molecule has 1 aromatic carbocycles. The quantitative estimate of drug-likeness (QED) is 0.753. The van der Waals surface area contributed by atoms with Crippen LogP contribution >= 0.6 is 0 Å². The summed E-state index contributed by atoms with van der Waals surface area (Å²) in [5, 5.41) is 10.6. The molecule has 0 bridgehead atoms. The Balaban J connectivity index is 3.25. The maximum atomic E-state index is 12.9. The molecule has 0 saturated heterocycles. The summed E-state index contributed by atoms with van der Waals surface area (Å²) in [7, 11) is 0. The number of hydrogen-bond donors (Lipinski definition) is 0. The summed E-state index contributed by atoms with van der Waals surface area (Å²) in [6.45, 7) is 1.33. The van der Waals surface area contributed by atoms with Crippen LogP contribution in [0.3, 0.4) is 0 Å². The predicted octanol–water partition coefficient (Wildman–Crippen LogP) is 2.01. The Kier molecular flexibility index (Phi) is 3.59. The van der Waals surface area contributed by atoms with Gasteiger partial charge in [-0.05, 0) is 25.1 Å². The van der Waals surface area contributed by atoms with Gasteiger partial charge in [-0.25, -0.2) is 4.39 Å². The van der Waals surface area contributed by atoms with Crippen LogP contribution in [-0.2, 0) is 6.18 Å². The SMILES string of the molecule is CCN(C(=O)[O-])c1ccc(F)c(C(F)(F)F)c1. The highest BCUT2D eigenvalue weighted by Crippen LogP contribution is 2.33. The number of amides is 1. The number of benzene rings is 1. The highest BCUT2D eigenvalue weighted by molar-refractivity contribution is 5.84. The third-order valence-corrected chi connectivity index (χ3v) is 2.10. The van der Waals surface area contributed by atoms with Gasteiger partial charge in [0.2, 0.25) is 0 Å². The second-order valence-electron chi connectivity index (χ2n) is 3.17. The van der Waals surface area contributed by atoms with Crippen molar-refractivity contribution in [3.8, 4) is 0 Å². The van der Waals surface area contributed by atoms with E-state index in [-0.39, 0.29) is 12.2 Å². The van der Waals surface area contributed by atoms with E-state index in [1.165, 1.54) is 6.92 Å². The maximum Gasteiger partial charge on any atom is 0.419 e. The predicted molar refractivity (Wildman–Crippen MR) is 49.8 cm³/mol.